The topological polar surface area (TPSA) is 38.9 Å². The lowest BCUT2D eigenvalue weighted by atomic mass is 10.0. The number of aromatic nitrogens is 1. The Bertz CT molecular complexity index is 549. The predicted molar refractivity (Wildman–Crippen MR) is 84.1 cm³/mol. The Labute approximate surface area is 123 Å². The molecule has 19 heavy (non-hydrogen) atoms. The van der Waals surface area contributed by atoms with E-state index in [0.29, 0.717) is 0 Å². The van der Waals surface area contributed by atoms with Crippen LogP contribution in [0.15, 0.2) is 32.8 Å². The summed E-state index contributed by atoms with van der Waals surface area (Å²) in [6, 6.07) is 6.83. The first-order valence-electron chi connectivity index (χ1n) is 6.53. The molecular weight excluding hydrogens is 272 g/mol. The van der Waals surface area contributed by atoms with E-state index in [9.17, 15) is 0 Å². The van der Waals surface area contributed by atoms with E-state index in [-0.39, 0.29) is 6.04 Å². The highest BCUT2D eigenvalue weighted by molar-refractivity contribution is 8.01. The van der Waals surface area contributed by atoms with Crippen molar-refractivity contribution < 1.29 is 0 Å². The molecule has 1 heterocycles. The van der Waals surface area contributed by atoms with E-state index in [1.54, 1.807) is 23.1 Å². The molecule has 0 aliphatic carbocycles. The fourth-order valence-corrected chi connectivity index (χ4v) is 3.78. The summed E-state index contributed by atoms with van der Waals surface area (Å²) >= 11 is 3.45. The van der Waals surface area contributed by atoms with Gasteiger partial charge in [0.2, 0.25) is 0 Å². The van der Waals surface area contributed by atoms with E-state index in [0.717, 1.165) is 22.9 Å². The van der Waals surface area contributed by atoms with Crippen LogP contribution in [0, 0.1) is 13.8 Å². The Morgan fingerprint density at radius 1 is 1.37 bits per heavy atom. The summed E-state index contributed by atoms with van der Waals surface area (Å²) in [6.07, 6.45) is 1.94. The van der Waals surface area contributed by atoms with Crippen LogP contribution < -0.4 is 5.73 Å². The van der Waals surface area contributed by atoms with Gasteiger partial charge in [-0.05, 0) is 38.3 Å². The van der Waals surface area contributed by atoms with Crippen molar-refractivity contribution in [2.45, 2.75) is 48.9 Å². The molecule has 0 saturated heterocycles. The van der Waals surface area contributed by atoms with Gasteiger partial charge < -0.3 is 5.73 Å². The molecular formula is C15H20N2S2. The summed E-state index contributed by atoms with van der Waals surface area (Å²) in [5, 5.41) is 2.09. The lowest BCUT2D eigenvalue weighted by molar-refractivity contribution is 0.641. The maximum absolute atomic E-state index is 6.10. The van der Waals surface area contributed by atoms with Crippen LogP contribution in [0.5, 0.6) is 0 Å². The molecule has 1 unspecified atom stereocenters. The normalized spacial score (nSPS) is 12.6. The second-order valence-electron chi connectivity index (χ2n) is 4.84. The van der Waals surface area contributed by atoms with Gasteiger partial charge in [-0.3, -0.25) is 0 Å². The molecule has 2 rings (SSSR count). The first kappa shape index (κ1) is 14.6. The van der Waals surface area contributed by atoms with Gasteiger partial charge in [-0.2, -0.15) is 0 Å². The van der Waals surface area contributed by atoms with E-state index in [4.69, 9.17) is 5.73 Å². The van der Waals surface area contributed by atoms with Gasteiger partial charge >= 0.3 is 0 Å². The molecule has 2 nitrogen and oxygen atoms in total. The average molecular weight is 292 g/mol. The highest BCUT2D eigenvalue weighted by Crippen LogP contribution is 2.33. The van der Waals surface area contributed by atoms with E-state index in [1.807, 2.05) is 6.92 Å². The van der Waals surface area contributed by atoms with Crippen molar-refractivity contribution >= 4 is 23.1 Å². The fraction of sp³-hybridized carbons (Fsp3) is 0.400. The summed E-state index contributed by atoms with van der Waals surface area (Å²) < 4.78 is 1.10. The van der Waals surface area contributed by atoms with E-state index < -0.39 is 0 Å². The summed E-state index contributed by atoms with van der Waals surface area (Å²) in [5.41, 5.74) is 9.82. The number of hydrogen-bond donors (Lipinski definition) is 1. The Morgan fingerprint density at radius 3 is 2.79 bits per heavy atom. The molecule has 4 heteroatoms. The van der Waals surface area contributed by atoms with Crippen molar-refractivity contribution in [3.05, 3.63) is 40.4 Å². The molecule has 2 aromatic rings. The summed E-state index contributed by atoms with van der Waals surface area (Å²) in [4.78, 5) is 5.80. The zero-order chi connectivity index (χ0) is 13.8. The van der Waals surface area contributed by atoms with E-state index in [1.165, 1.54) is 16.0 Å². The molecule has 0 aliphatic rings. The predicted octanol–water partition coefficient (Wildman–Crippen LogP) is 4.19. The summed E-state index contributed by atoms with van der Waals surface area (Å²) in [6.45, 7) is 6.30. The molecule has 0 fully saturated rings. The standard InChI is InChI=1S/C15H20N2S2/c1-4-13(16)8-12-7-10(2)5-6-14(12)19-15-17-11(3)9-18-15/h5-7,9,13H,4,8,16H2,1-3H3. The average Bonchev–Trinajstić information content (AvgIpc) is 2.78. The lowest BCUT2D eigenvalue weighted by Gasteiger charge is -2.13. The molecule has 0 amide bonds. The van der Waals surface area contributed by atoms with Crippen LogP contribution in [0.4, 0.5) is 0 Å². The zero-order valence-corrected chi connectivity index (χ0v) is 13.3. The summed E-state index contributed by atoms with van der Waals surface area (Å²) in [5.74, 6) is 0. The number of nitrogens with zero attached hydrogens (tertiary/aromatic N) is 1. The number of benzene rings is 1. The molecule has 0 radical (unpaired) electrons. The molecule has 2 N–H and O–H groups in total. The number of rotatable bonds is 5. The highest BCUT2D eigenvalue weighted by atomic mass is 32.2. The maximum Gasteiger partial charge on any atom is 0.154 e. The van der Waals surface area contributed by atoms with Crippen LogP contribution in [-0.4, -0.2) is 11.0 Å². The first-order valence-corrected chi connectivity index (χ1v) is 8.23. The van der Waals surface area contributed by atoms with Gasteiger partial charge in [0, 0.05) is 22.0 Å². The number of nitrogens with two attached hydrogens (primary N) is 1. The van der Waals surface area contributed by atoms with Gasteiger partial charge in [0.05, 0.1) is 0 Å². The maximum atomic E-state index is 6.10. The van der Waals surface area contributed by atoms with Crippen LogP contribution in [0.25, 0.3) is 0 Å². The van der Waals surface area contributed by atoms with Crippen molar-refractivity contribution in [2.24, 2.45) is 5.73 Å². The smallest absolute Gasteiger partial charge is 0.154 e. The minimum absolute atomic E-state index is 0.235. The van der Waals surface area contributed by atoms with Gasteiger partial charge in [-0.15, -0.1) is 11.3 Å². The molecule has 1 aromatic heterocycles. The van der Waals surface area contributed by atoms with Crippen LogP contribution in [0.2, 0.25) is 0 Å². The third-order valence-electron chi connectivity index (χ3n) is 3.02. The minimum Gasteiger partial charge on any atom is -0.327 e. The first-order chi connectivity index (χ1) is 9.08. The van der Waals surface area contributed by atoms with Gasteiger partial charge in [0.25, 0.3) is 0 Å². The Morgan fingerprint density at radius 2 is 2.16 bits per heavy atom. The Balaban J connectivity index is 2.23. The molecule has 1 atom stereocenters. The van der Waals surface area contributed by atoms with E-state index >= 15 is 0 Å². The SMILES string of the molecule is CCC(N)Cc1cc(C)ccc1Sc1nc(C)cs1. The van der Waals surface area contributed by atoms with Gasteiger partial charge in [-0.1, -0.05) is 36.4 Å². The van der Waals surface area contributed by atoms with Crippen molar-refractivity contribution in [3.63, 3.8) is 0 Å². The quantitative estimate of drug-likeness (QED) is 0.898. The lowest BCUT2D eigenvalue weighted by Crippen LogP contribution is -2.21. The van der Waals surface area contributed by atoms with Crippen LogP contribution in [-0.2, 0) is 6.42 Å². The monoisotopic (exact) mass is 292 g/mol. The molecule has 102 valence electrons. The second-order valence-corrected chi connectivity index (χ2v) is 6.99. The van der Waals surface area contributed by atoms with Crippen molar-refractivity contribution in [2.75, 3.05) is 0 Å². The van der Waals surface area contributed by atoms with Gasteiger partial charge in [0.1, 0.15) is 0 Å². The van der Waals surface area contributed by atoms with Gasteiger partial charge in [-0.25, -0.2) is 4.98 Å². The number of thiazole rings is 1. The van der Waals surface area contributed by atoms with Crippen molar-refractivity contribution in [3.8, 4) is 0 Å². The van der Waals surface area contributed by atoms with Crippen LogP contribution in [0.1, 0.15) is 30.2 Å². The third-order valence-corrected chi connectivity index (χ3v) is 5.19. The Kier molecular flexibility index (Phi) is 5.02. The zero-order valence-electron chi connectivity index (χ0n) is 11.6. The van der Waals surface area contributed by atoms with E-state index in [2.05, 4.69) is 42.4 Å². The summed E-state index contributed by atoms with van der Waals surface area (Å²) in [7, 11) is 0. The number of hydrogen-bond acceptors (Lipinski definition) is 4. The third kappa shape index (κ3) is 4.06. The fourth-order valence-electron chi connectivity index (χ4n) is 1.87. The van der Waals surface area contributed by atoms with Gasteiger partial charge in [0.15, 0.2) is 4.34 Å². The molecule has 0 aliphatic heterocycles. The highest BCUT2D eigenvalue weighted by Gasteiger charge is 2.10. The molecule has 0 bridgehead atoms. The molecule has 0 spiro atoms. The molecule has 1 aromatic carbocycles. The van der Waals surface area contributed by atoms with Crippen LogP contribution in [0.3, 0.4) is 0 Å². The van der Waals surface area contributed by atoms with Crippen LogP contribution >= 0.6 is 23.1 Å². The Hall–Kier alpha value is -0.840. The largest absolute Gasteiger partial charge is 0.327 e. The van der Waals surface area contributed by atoms with Crippen molar-refractivity contribution in [1.29, 1.82) is 0 Å². The molecule has 0 saturated carbocycles. The van der Waals surface area contributed by atoms with Crippen molar-refractivity contribution in [1.82, 2.24) is 4.98 Å². The minimum atomic E-state index is 0.235. The second kappa shape index (κ2) is 6.55. The number of aryl methyl sites for hydroxylation is 2.